The molecule has 1 saturated heterocycles. The van der Waals surface area contributed by atoms with Gasteiger partial charge in [-0.25, -0.2) is 0 Å². The van der Waals surface area contributed by atoms with Crippen LogP contribution in [0.4, 0.5) is 0 Å². The summed E-state index contributed by atoms with van der Waals surface area (Å²) in [5.41, 5.74) is 4.41. The van der Waals surface area contributed by atoms with Gasteiger partial charge in [-0.1, -0.05) is 66.2 Å². The summed E-state index contributed by atoms with van der Waals surface area (Å²) in [6.07, 6.45) is 1.13. The minimum atomic E-state index is -0.568. The molecule has 222 valence electrons. The fourth-order valence-corrected chi connectivity index (χ4v) is 5.63. The second-order valence-electron chi connectivity index (χ2n) is 9.75. The van der Waals surface area contributed by atoms with Crippen LogP contribution in [0.5, 0.6) is 5.75 Å². The molecule has 2 heterocycles. The van der Waals surface area contributed by atoms with Gasteiger partial charge in [0, 0.05) is 24.5 Å². The molecule has 2 N–H and O–H groups in total. The maximum atomic E-state index is 10.3. The summed E-state index contributed by atoms with van der Waals surface area (Å²) in [6.45, 7) is 8.09. The molecule has 1 aliphatic heterocycles. The molecule has 8 heteroatoms. The van der Waals surface area contributed by atoms with Crippen LogP contribution in [0, 0.1) is 0 Å². The van der Waals surface area contributed by atoms with Gasteiger partial charge in [0.2, 0.25) is 0 Å². The molecule has 3 aromatic carbocycles. The number of ether oxygens (including phenoxy) is 3. The summed E-state index contributed by atoms with van der Waals surface area (Å²) >= 11 is 7.51. The van der Waals surface area contributed by atoms with Gasteiger partial charge in [0.05, 0.1) is 37.6 Å². The Kier molecular flexibility index (Phi) is 15.3. The van der Waals surface area contributed by atoms with E-state index in [-0.39, 0.29) is 24.9 Å². The third-order valence-electron chi connectivity index (χ3n) is 6.52. The number of hydrogen-bond acceptors (Lipinski definition) is 5. The molecule has 0 spiro atoms. The molecular formula is C33H42ClO5PSe. The standard InChI is InChI=1S/C29H33ClO4.C2H6O.C2H3PSe/c1-3-32-25-12-9-21(10-13-25)15-24-16-23(11-14-27(24)30)29-18-26(17-28(34-29)20(2)31)33-19-22-7-5-4-6-8-22;1-2-3;1-2-4-3-1/h4-14,16,20,26,28-29,31H,3,15,17-19H2,1-2H3;3H,2H2,1H3;1-3H. The van der Waals surface area contributed by atoms with Crippen LogP contribution in [-0.4, -0.2) is 55.8 Å². The predicted molar refractivity (Wildman–Crippen MR) is 171 cm³/mol. The fourth-order valence-electron chi connectivity index (χ4n) is 4.45. The van der Waals surface area contributed by atoms with Crippen LogP contribution >= 0.6 is 18.5 Å². The Labute approximate surface area is 256 Å². The van der Waals surface area contributed by atoms with Crippen molar-refractivity contribution in [2.24, 2.45) is 0 Å². The summed E-state index contributed by atoms with van der Waals surface area (Å²) in [6, 6.07) is 24.4. The van der Waals surface area contributed by atoms with E-state index in [9.17, 15) is 5.11 Å². The molecule has 4 aromatic rings. The summed E-state index contributed by atoms with van der Waals surface area (Å²) in [7, 11) is 0. The molecule has 1 aromatic heterocycles. The van der Waals surface area contributed by atoms with Crippen molar-refractivity contribution in [2.45, 2.75) is 71.1 Å². The number of rotatable bonds is 9. The van der Waals surface area contributed by atoms with Gasteiger partial charge in [-0.15, -0.1) is 0 Å². The molecule has 0 amide bonds. The molecule has 41 heavy (non-hydrogen) atoms. The number of aliphatic hydroxyl groups excluding tert-OH is 2. The van der Waals surface area contributed by atoms with Gasteiger partial charge in [0.1, 0.15) is 5.75 Å². The number of aliphatic hydroxyl groups is 2. The molecule has 5 nitrogen and oxygen atoms in total. The maximum absolute atomic E-state index is 10.3. The van der Waals surface area contributed by atoms with Crippen LogP contribution in [0.1, 0.15) is 62.0 Å². The number of hydrogen-bond donors (Lipinski definition) is 2. The van der Waals surface area contributed by atoms with E-state index in [2.05, 4.69) is 41.1 Å². The Bertz CT molecular complexity index is 1210. The van der Waals surface area contributed by atoms with Gasteiger partial charge >= 0.3 is 31.6 Å². The normalized spacial score (nSPS) is 19.0. The zero-order valence-corrected chi connectivity index (χ0v) is 27.5. The van der Waals surface area contributed by atoms with Crippen molar-refractivity contribution in [3.8, 4) is 5.75 Å². The summed E-state index contributed by atoms with van der Waals surface area (Å²) in [5, 5.41) is 18.6. The van der Waals surface area contributed by atoms with Crippen molar-refractivity contribution < 1.29 is 24.4 Å². The van der Waals surface area contributed by atoms with Crippen LogP contribution in [0.2, 0.25) is 5.02 Å². The van der Waals surface area contributed by atoms with Gasteiger partial charge in [0.25, 0.3) is 0 Å². The van der Waals surface area contributed by atoms with Crippen LogP contribution < -0.4 is 4.74 Å². The first kappa shape index (κ1) is 33.6. The fraction of sp³-hybridized carbons (Fsp3) is 0.394. The van der Waals surface area contributed by atoms with Crippen molar-refractivity contribution in [3.05, 3.63) is 111 Å². The quantitative estimate of drug-likeness (QED) is 0.184. The Morgan fingerprint density at radius 1 is 1.02 bits per heavy atom. The Hall–Kier alpha value is -1.85. The monoisotopic (exact) mass is 664 g/mol. The first-order chi connectivity index (χ1) is 19.9. The summed E-state index contributed by atoms with van der Waals surface area (Å²) in [4.78, 5) is 2.26. The van der Waals surface area contributed by atoms with E-state index >= 15 is 0 Å². The van der Waals surface area contributed by atoms with E-state index in [0.717, 1.165) is 59.9 Å². The van der Waals surface area contributed by atoms with Crippen LogP contribution in [0.15, 0.2) is 83.5 Å². The number of halogens is 1. The van der Waals surface area contributed by atoms with Gasteiger partial charge < -0.3 is 24.4 Å². The third-order valence-corrected chi connectivity index (χ3v) is 10.9. The Morgan fingerprint density at radius 2 is 1.68 bits per heavy atom. The van der Waals surface area contributed by atoms with Gasteiger partial charge in [-0.3, -0.25) is 0 Å². The van der Waals surface area contributed by atoms with E-state index in [0.29, 0.717) is 19.6 Å². The molecule has 0 saturated carbocycles. The van der Waals surface area contributed by atoms with Crippen molar-refractivity contribution in [3.63, 3.8) is 0 Å². The topological polar surface area (TPSA) is 68.2 Å². The van der Waals surface area contributed by atoms with Crippen LogP contribution in [0.3, 0.4) is 0 Å². The second-order valence-corrected chi connectivity index (χ2v) is 14.5. The second kappa shape index (κ2) is 18.6. The van der Waals surface area contributed by atoms with E-state index in [1.54, 1.807) is 13.8 Å². The molecule has 0 bridgehead atoms. The molecule has 1 aliphatic rings. The average Bonchev–Trinajstić information content (AvgIpc) is 2.94. The van der Waals surface area contributed by atoms with Crippen molar-refractivity contribution in [2.75, 3.05) is 13.2 Å². The van der Waals surface area contributed by atoms with Crippen LogP contribution in [0.25, 0.3) is 0 Å². The number of benzene rings is 3. The Morgan fingerprint density at radius 3 is 2.27 bits per heavy atom. The van der Waals surface area contributed by atoms with Crippen molar-refractivity contribution in [1.82, 2.24) is 0 Å². The van der Waals surface area contributed by atoms with E-state index < -0.39 is 6.10 Å². The van der Waals surface area contributed by atoms with Gasteiger partial charge in [-0.05, 0) is 67.6 Å². The minimum absolute atomic E-state index is 0.00351. The molecule has 5 rings (SSSR count). The Balaban J connectivity index is 0.000000585. The zero-order chi connectivity index (χ0) is 29.5. The van der Waals surface area contributed by atoms with Gasteiger partial charge in [0.15, 0.2) is 0 Å². The molecular weight excluding hydrogens is 622 g/mol. The first-order valence-corrected chi connectivity index (χ1v) is 19.0. The first-order valence-electron chi connectivity index (χ1n) is 14.1. The zero-order valence-electron chi connectivity index (χ0n) is 24.0. The molecule has 0 radical (unpaired) electrons. The van der Waals surface area contributed by atoms with E-state index in [1.807, 2.05) is 49.4 Å². The third kappa shape index (κ3) is 11.7. The SMILES string of the molecule is CCO.CCOc1ccc(Cc2cc(C3CC(OCc4ccccc4)CC(C(C)O)O3)ccc2Cl)cc1.c1c[se][pH]1. The summed E-state index contributed by atoms with van der Waals surface area (Å²) < 4.78 is 18.1. The van der Waals surface area contributed by atoms with E-state index in [4.69, 9.17) is 30.9 Å². The summed E-state index contributed by atoms with van der Waals surface area (Å²) in [5.74, 6) is 3.10. The van der Waals surface area contributed by atoms with Gasteiger partial charge in [-0.2, -0.15) is 0 Å². The molecule has 0 aliphatic carbocycles. The predicted octanol–water partition coefficient (Wildman–Crippen LogP) is 7.29. The van der Waals surface area contributed by atoms with E-state index in [1.165, 1.54) is 6.85 Å². The molecule has 1 fully saturated rings. The van der Waals surface area contributed by atoms with Crippen molar-refractivity contribution in [1.29, 1.82) is 0 Å². The molecule has 5 atom stereocenters. The van der Waals surface area contributed by atoms with Crippen molar-refractivity contribution >= 4 is 32.5 Å². The average molecular weight is 664 g/mol. The molecule has 5 unspecified atom stereocenters. The van der Waals surface area contributed by atoms with Crippen LogP contribution in [-0.2, 0) is 22.5 Å².